The molecule has 5 atom stereocenters. The van der Waals surface area contributed by atoms with Crippen molar-refractivity contribution in [1.29, 1.82) is 0 Å². The highest BCUT2D eigenvalue weighted by atomic mass is 19.4. The summed E-state index contributed by atoms with van der Waals surface area (Å²) in [7, 11) is 0. The van der Waals surface area contributed by atoms with Crippen molar-refractivity contribution in [2.45, 2.75) is 62.4 Å². The van der Waals surface area contributed by atoms with E-state index in [9.17, 15) is 35.8 Å². The number of benzene rings is 2. The summed E-state index contributed by atoms with van der Waals surface area (Å²) in [4.78, 5) is 2.02. The van der Waals surface area contributed by atoms with Gasteiger partial charge in [-0.2, -0.15) is 26.3 Å². The van der Waals surface area contributed by atoms with Crippen molar-refractivity contribution in [3.05, 3.63) is 70.5 Å². The van der Waals surface area contributed by atoms with Crippen molar-refractivity contribution in [2.75, 3.05) is 13.1 Å². The molecular weight excluding hydrogens is 467 g/mol. The highest BCUT2D eigenvalue weighted by molar-refractivity contribution is 5.35. The van der Waals surface area contributed by atoms with Crippen LogP contribution in [0.5, 0.6) is 0 Å². The van der Waals surface area contributed by atoms with Crippen molar-refractivity contribution in [3.63, 3.8) is 0 Å². The molecule has 2 aromatic carbocycles. The number of aliphatic hydroxyl groups excluding tert-OH is 1. The van der Waals surface area contributed by atoms with Gasteiger partial charge in [-0.25, -0.2) is 4.39 Å². The molecule has 34 heavy (non-hydrogen) atoms. The predicted molar refractivity (Wildman–Crippen MR) is 109 cm³/mol. The van der Waals surface area contributed by atoms with E-state index in [0.717, 1.165) is 6.42 Å². The first-order valence-corrected chi connectivity index (χ1v) is 11.0. The maximum atomic E-state index is 13.5. The number of piperidine rings is 1. The second-order valence-corrected chi connectivity index (χ2v) is 8.93. The van der Waals surface area contributed by atoms with Crippen LogP contribution in [0.2, 0.25) is 0 Å². The Morgan fingerprint density at radius 2 is 1.56 bits per heavy atom. The van der Waals surface area contributed by atoms with Gasteiger partial charge in [-0.1, -0.05) is 12.1 Å². The monoisotopic (exact) mass is 491 g/mol. The number of hydrogen-bond donors (Lipinski definition) is 1. The molecule has 0 bridgehead atoms. The van der Waals surface area contributed by atoms with Crippen molar-refractivity contribution in [1.82, 2.24) is 4.90 Å². The van der Waals surface area contributed by atoms with Crippen LogP contribution >= 0.6 is 0 Å². The van der Waals surface area contributed by atoms with Crippen LogP contribution in [0.25, 0.3) is 0 Å². The Bertz CT molecular complexity index is 974. The SMILES string of the molecule is C[C@@H](O[C@H]1CN2CCCC(O)[C@H]2C1c1ccc(F)cc1)c1cc(C(F)(F)F)cc(C(F)(F)F)c1. The van der Waals surface area contributed by atoms with Crippen LogP contribution in [0.3, 0.4) is 0 Å². The third-order valence-corrected chi connectivity index (χ3v) is 6.66. The van der Waals surface area contributed by atoms with Crippen molar-refractivity contribution in [3.8, 4) is 0 Å². The Kier molecular flexibility index (Phi) is 6.69. The van der Waals surface area contributed by atoms with Gasteiger partial charge in [-0.15, -0.1) is 0 Å². The number of aliphatic hydroxyl groups is 1. The van der Waals surface area contributed by atoms with Gasteiger partial charge in [0.2, 0.25) is 0 Å². The van der Waals surface area contributed by atoms with Gasteiger partial charge in [-0.3, -0.25) is 4.90 Å². The smallest absolute Gasteiger partial charge is 0.391 e. The van der Waals surface area contributed by atoms with Crippen molar-refractivity contribution < 1.29 is 40.6 Å². The largest absolute Gasteiger partial charge is 0.416 e. The molecule has 2 heterocycles. The number of hydrogen-bond acceptors (Lipinski definition) is 3. The molecule has 2 saturated heterocycles. The van der Waals surface area contributed by atoms with Gasteiger partial charge in [0.1, 0.15) is 5.82 Å². The van der Waals surface area contributed by atoms with E-state index in [-0.39, 0.29) is 17.7 Å². The van der Waals surface area contributed by atoms with Gasteiger partial charge in [0, 0.05) is 18.5 Å². The summed E-state index contributed by atoms with van der Waals surface area (Å²) in [5.41, 5.74) is -2.36. The molecule has 186 valence electrons. The molecule has 2 unspecified atom stereocenters. The van der Waals surface area contributed by atoms with E-state index >= 15 is 0 Å². The molecule has 2 aliphatic rings. The Labute approximate surface area is 192 Å². The number of halogens is 7. The molecule has 10 heteroatoms. The summed E-state index contributed by atoms with van der Waals surface area (Å²) in [6.07, 6.45) is -11.0. The van der Waals surface area contributed by atoms with E-state index in [0.29, 0.717) is 37.2 Å². The molecular formula is C24H24F7NO2. The molecule has 1 N–H and O–H groups in total. The lowest BCUT2D eigenvalue weighted by Crippen LogP contribution is -2.46. The van der Waals surface area contributed by atoms with Crippen LogP contribution in [-0.4, -0.2) is 41.3 Å². The third kappa shape index (κ3) is 5.08. The Hall–Kier alpha value is -2.17. The standard InChI is InChI=1S/C24H24F7NO2/c1-13(15-9-16(23(26,27)28)11-17(10-15)24(29,30)31)34-20-12-32-8-2-3-19(33)22(32)21(20)14-4-6-18(25)7-5-14/h4-7,9-11,13,19-22,33H,2-3,8,12H2,1H3/t13-,19?,20+,21?,22+/m1/s1. The molecule has 0 aliphatic carbocycles. The highest BCUT2D eigenvalue weighted by Crippen LogP contribution is 2.43. The number of rotatable bonds is 4. The lowest BCUT2D eigenvalue weighted by atomic mass is 9.84. The fraction of sp³-hybridized carbons (Fsp3) is 0.500. The zero-order chi connectivity index (χ0) is 24.8. The minimum atomic E-state index is -4.95. The third-order valence-electron chi connectivity index (χ3n) is 6.66. The zero-order valence-electron chi connectivity index (χ0n) is 18.2. The van der Waals surface area contributed by atoms with Crippen molar-refractivity contribution >= 4 is 0 Å². The normalized spacial score (nSPS) is 27.0. The molecule has 3 nitrogen and oxygen atoms in total. The molecule has 0 amide bonds. The Balaban J connectivity index is 1.67. The molecule has 0 radical (unpaired) electrons. The number of ether oxygens (including phenoxy) is 1. The Morgan fingerprint density at radius 1 is 0.971 bits per heavy atom. The first-order valence-electron chi connectivity index (χ1n) is 11.0. The topological polar surface area (TPSA) is 32.7 Å². The van der Waals surface area contributed by atoms with Gasteiger partial charge >= 0.3 is 12.4 Å². The van der Waals surface area contributed by atoms with E-state index in [4.69, 9.17) is 4.74 Å². The summed E-state index contributed by atoms with van der Waals surface area (Å²) in [6.45, 7) is 2.43. The molecule has 0 saturated carbocycles. The summed E-state index contributed by atoms with van der Waals surface area (Å²) < 4.78 is 99.3. The average molecular weight is 491 g/mol. The van der Waals surface area contributed by atoms with Crippen LogP contribution in [0.1, 0.15) is 54.0 Å². The van der Waals surface area contributed by atoms with Gasteiger partial charge in [0.25, 0.3) is 0 Å². The van der Waals surface area contributed by atoms with Gasteiger partial charge < -0.3 is 9.84 Å². The molecule has 0 aromatic heterocycles. The Morgan fingerprint density at radius 3 is 2.12 bits per heavy atom. The minimum absolute atomic E-state index is 0.0870. The molecule has 2 aromatic rings. The van der Waals surface area contributed by atoms with E-state index < -0.39 is 53.5 Å². The van der Waals surface area contributed by atoms with E-state index in [1.807, 2.05) is 4.90 Å². The first-order chi connectivity index (χ1) is 15.8. The fourth-order valence-corrected chi connectivity index (χ4v) is 5.09. The first kappa shape index (κ1) is 24.9. The van der Waals surface area contributed by atoms with Crippen LogP contribution < -0.4 is 0 Å². The van der Waals surface area contributed by atoms with Crippen LogP contribution in [0, 0.1) is 5.82 Å². The van der Waals surface area contributed by atoms with Gasteiger partial charge in [0.15, 0.2) is 0 Å². The predicted octanol–water partition coefficient (Wildman–Crippen LogP) is 5.93. The summed E-state index contributed by atoms with van der Waals surface area (Å²) in [5, 5.41) is 10.7. The number of alkyl halides is 6. The van der Waals surface area contributed by atoms with Gasteiger partial charge in [0.05, 0.1) is 29.4 Å². The average Bonchev–Trinajstić information content (AvgIpc) is 3.12. The molecule has 4 rings (SSSR count). The molecule has 2 aliphatic heterocycles. The maximum absolute atomic E-state index is 13.5. The van der Waals surface area contributed by atoms with Crippen LogP contribution in [0.4, 0.5) is 30.7 Å². The summed E-state index contributed by atoms with van der Waals surface area (Å²) in [5.74, 6) is -0.872. The van der Waals surface area contributed by atoms with E-state index in [1.165, 1.54) is 19.1 Å². The zero-order valence-corrected chi connectivity index (χ0v) is 18.2. The molecule has 2 fully saturated rings. The second kappa shape index (κ2) is 9.13. The fourth-order valence-electron chi connectivity index (χ4n) is 5.09. The van der Waals surface area contributed by atoms with Crippen LogP contribution in [0.15, 0.2) is 42.5 Å². The van der Waals surface area contributed by atoms with Crippen molar-refractivity contribution in [2.24, 2.45) is 0 Å². The quantitative estimate of drug-likeness (QED) is 0.538. The maximum Gasteiger partial charge on any atom is 0.416 e. The summed E-state index contributed by atoms with van der Waals surface area (Å²) >= 11 is 0. The summed E-state index contributed by atoms with van der Waals surface area (Å²) in [6, 6.07) is 6.77. The lowest BCUT2D eigenvalue weighted by molar-refractivity contribution is -0.143. The van der Waals surface area contributed by atoms with E-state index in [1.54, 1.807) is 12.1 Å². The van der Waals surface area contributed by atoms with E-state index in [2.05, 4.69) is 0 Å². The van der Waals surface area contributed by atoms with Crippen LogP contribution in [-0.2, 0) is 17.1 Å². The lowest BCUT2D eigenvalue weighted by Gasteiger charge is -2.36. The van der Waals surface area contributed by atoms with Gasteiger partial charge in [-0.05, 0) is 67.8 Å². The molecule has 0 spiro atoms. The number of fused-ring (bicyclic) bond motifs is 1. The minimum Gasteiger partial charge on any atom is -0.391 e. The number of nitrogens with zero attached hydrogens (tertiary/aromatic N) is 1. The highest BCUT2D eigenvalue weighted by Gasteiger charge is 2.48. The second-order valence-electron chi connectivity index (χ2n) is 8.93.